The van der Waals surface area contributed by atoms with Crippen LogP contribution in [0.5, 0.6) is 0 Å². The lowest BCUT2D eigenvalue weighted by Gasteiger charge is -2.23. The fraction of sp³-hybridized carbons (Fsp3) is 0.714. The molecule has 0 unspecified atom stereocenters. The number of ketones is 6. The van der Waals surface area contributed by atoms with Crippen molar-refractivity contribution in [2.75, 3.05) is 141 Å². The van der Waals surface area contributed by atoms with Crippen LogP contribution in [-0.4, -0.2) is 290 Å². The Kier molecular flexibility index (Phi) is 38.8. The summed E-state index contributed by atoms with van der Waals surface area (Å²) >= 11 is 0. The molecule has 31 heteroatoms. The van der Waals surface area contributed by atoms with E-state index in [0.29, 0.717) is 116 Å². The van der Waals surface area contributed by atoms with Crippen LogP contribution >= 0.6 is 0 Å². The quantitative estimate of drug-likeness (QED) is 0.0709. The Balaban J connectivity index is 1.40. The highest BCUT2D eigenvalue weighted by Crippen LogP contribution is 2.09. The van der Waals surface area contributed by atoms with E-state index in [1.807, 2.05) is 4.90 Å². The van der Waals surface area contributed by atoms with Gasteiger partial charge in [-0.1, -0.05) is 15.6 Å². The van der Waals surface area contributed by atoms with Crippen LogP contribution in [0.15, 0.2) is 18.6 Å². The SMILES string of the molecule is CC(=O)CCc1cn(CCCCC(=O)CN(C)C(=O)CN(C)C(=O)CCOCCN(CCOCCC(=O)N(C)CC(=O)N(C)CC(=O)CCCCn2cc(CCC(C)=O)nn2)CCOCCC(=O)N(C)CC(=O)N(C)CC(=O)CCCCn2cc(CCC(C)=O)nn2)nn1. The summed E-state index contributed by atoms with van der Waals surface area (Å²) in [6.45, 7) is 7.30. The summed E-state index contributed by atoms with van der Waals surface area (Å²) in [5.41, 5.74) is 2.20. The second-order valence-corrected chi connectivity index (χ2v) is 23.9. The summed E-state index contributed by atoms with van der Waals surface area (Å²) in [7, 11) is 9.06. The van der Waals surface area contributed by atoms with E-state index in [2.05, 4.69) is 30.9 Å². The topological polar surface area (TPSA) is 347 Å². The minimum atomic E-state index is -0.392. The van der Waals surface area contributed by atoms with Crippen LogP contribution < -0.4 is 0 Å². The van der Waals surface area contributed by atoms with Gasteiger partial charge in [-0.15, -0.1) is 15.3 Å². The van der Waals surface area contributed by atoms with Gasteiger partial charge >= 0.3 is 0 Å². The Bertz CT molecular complexity index is 2590. The monoisotopic (exact) mass is 1320 g/mol. The number of nitrogens with zero attached hydrogens (tertiary/aromatic N) is 16. The summed E-state index contributed by atoms with van der Waals surface area (Å²) in [6.07, 6.45) is 12.7. The summed E-state index contributed by atoms with van der Waals surface area (Å²) in [6, 6.07) is 0. The summed E-state index contributed by atoms with van der Waals surface area (Å²) in [4.78, 5) is 159. The van der Waals surface area contributed by atoms with E-state index in [0.717, 1.165) is 17.1 Å². The van der Waals surface area contributed by atoms with E-state index >= 15 is 0 Å². The largest absolute Gasteiger partial charge is 0.380 e. The number of likely N-dealkylation sites (N-methyl/N-ethyl adjacent to an activating group) is 6. The molecule has 3 aromatic rings. The second-order valence-electron chi connectivity index (χ2n) is 23.9. The summed E-state index contributed by atoms with van der Waals surface area (Å²) in [5, 5.41) is 24.4. The Morgan fingerprint density at radius 1 is 0.330 bits per heavy atom. The van der Waals surface area contributed by atoms with Crippen LogP contribution in [0.2, 0.25) is 0 Å². The molecule has 3 heterocycles. The molecule has 0 bridgehead atoms. The first-order valence-electron chi connectivity index (χ1n) is 32.4. The number of hydrogen-bond acceptors (Lipinski definition) is 22. The van der Waals surface area contributed by atoms with Crippen LogP contribution in [0.1, 0.15) is 134 Å². The maximum Gasteiger partial charge on any atom is 0.242 e. The molecule has 0 saturated heterocycles. The van der Waals surface area contributed by atoms with Crippen molar-refractivity contribution in [2.45, 2.75) is 156 Å². The summed E-state index contributed by atoms with van der Waals surface area (Å²) < 4.78 is 22.6. The van der Waals surface area contributed by atoms with Gasteiger partial charge in [-0.2, -0.15) is 0 Å². The average molecular weight is 1320 g/mol. The first kappa shape index (κ1) is 80.3. The molecule has 0 aliphatic carbocycles. The molecule has 0 aliphatic rings. The Hall–Kier alpha value is -7.90. The van der Waals surface area contributed by atoms with Crippen LogP contribution in [0, 0.1) is 0 Å². The first-order chi connectivity index (χ1) is 44.8. The number of aryl methyl sites for hydroxylation is 6. The van der Waals surface area contributed by atoms with E-state index in [1.54, 1.807) is 32.6 Å². The molecule has 0 aliphatic heterocycles. The van der Waals surface area contributed by atoms with E-state index in [4.69, 9.17) is 14.2 Å². The van der Waals surface area contributed by atoms with Crippen molar-refractivity contribution < 1.29 is 71.7 Å². The highest BCUT2D eigenvalue weighted by molar-refractivity contribution is 5.90. The molecule has 0 atom stereocenters. The van der Waals surface area contributed by atoms with Gasteiger partial charge in [0.15, 0.2) is 17.3 Å². The molecule has 6 amide bonds. The zero-order valence-electron chi connectivity index (χ0n) is 57.0. The summed E-state index contributed by atoms with van der Waals surface area (Å²) in [5.74, 6) is -2.27. The van der Waals surface area contributed by atoms with Gasteiger partial charge in [-0.25, -0.2) is 0 Å². The van der Waals surface area contributed by atoms with Crippen molar-refractivity contribution in [2.24, 2.45) is 0 Å². The normalized spacial score (nSPS) is 11.2. The van der Waals surface area contributed by atoms with Crippen LogP contribution in [-0.2, 0) is 111 Å². The number of unbranched alkanes of at least 4 members (excludes halogenated alkanes) is 3. The molecular weight excluding hydrogens is 1220 g/mol. The minimum Gasteiger partial charge on any atom is -0.380 e. The van der Waals surface area contributed by atoms with E-state index in [9.17, 15) is 57.5 Å². The molecule has 524 valence electrons. The number of carbonyl (C=O) groups excluding carboxylic acids is 12. The fourth-order valence-electron chi connectivity index (χ4n) is 9.19. The number of rotatable bonds is 54. The van der Waals surface area contributed by atoms with E-state index in [1.165, 1.54) is 92.5 Å². The third-order valence-electron chi connectivity index (χ3n) is 15.2. The standard InChI is InChI=1S/C63H102N16O15/c1-49(80)19-22-52-40-77(67-64-52)28-13-10-16-55(83)43-70(4)61(89)46-73(7)58(86)25-34-92-37-31-76(32-38-93-35-26-59(87)74(8)47-62(90)71(5)44-56(84)17-11-14-29-78-41-53(65-68-78)23-20-50(2)81)33-39-94-36-27-60(88)75(9)48-63(91)72(6)45-57(85)18-12-15-30-79-42-54(66-69-79)24-21-51(3)82/h40-42H,10-39,43-48H2,1-9H3. The van der Waals surface area contributed by atoms with Gasteiger partial charge in [-0.3, -0.25) is 62.1 Å². The minimum absolute atomic E-state index is 0.00743. The number of ether oxygens (including phenoxy) is 3. The molecule has 0 radical (unpaired) electrons. The molecular formula is C63H102N16O15. The number of Topliss-reactive ketones (excluding diaryl/α,β-unsaturated/α-hetero) is 6. The van der Waals surface area contributed by atoms with E-state index < -0.39 is 17.7 Å². The van der Waals surface area contributed by atoms with Gasteiger partial charge in [-0.05, 0) is 78.6 Å². The number of hydrogen-bond donors (Lipinski definition) is 0. The Morgan fingerprint density at radius 3 is 0.840 bits per heavy atom. The molecule has 94 heavy (non-hydrogen) atoms. The smallest absolute Gasteiger partial charge is 0.242 e. The second kappa shape index (κ2) is 45.4. The lowest BCUT2D eigenvalue weighted by Crippen LogP contribution is -2.41. The van der Waals surface area contributed by atoms with Gasteiger partial charge in [0.2, 0.25) is 35.4 Å². The number of aromatic nitrogens is 9. The maximum absolute atomic E-state index is 13.0. The fourth-order valence-corrected chi connectivity index (χ4v) is 9.19. The van der Waals surface area contributed by atoms with Gasteiger partial charge in [0.1, 0.15) is 17.3 Å². The van der Waals surface area contributed by atoms with E-state index in [-0.39, 0.29) is 170 Å². The molecule has 0 fully saturated rings. The highest BCUT2D eigenvalue weighted by Gasteiger charge is 2.22. The maximum atomic E-state index is 13.0. The predicted molar refractivity (Wildman–Crippen MR) is 342 cm³/mol. The van der Waals surface area contributed by atoms with Gasteiger partial charge in [0.05, 0.1) is 115 Å². The highest BCUT2D eigenvalue weighted by atomic mass is 16.5. The van der Waals surface area contributed by atoms with Crippen molar-refractivity contribution >= 4 is 70.1 Å². The molecule has 0 saturated carbocycles. The predicted octanol–water partition coefficient (Wildman–Crippen LogP) is 0.917. The third-order valence-corrected chi connectivity index (χ3v) is 15.2. The van der Waals surface area contributed by atoms with Gasteiger partial charge < -0.3 is 58.0 Å². The molecule has 3 aromatic heterocycles. The van der Waals surface area contributed by atoms with Crippen molar-refractivity contribution in [3.63, 3.8) is 0 Å². The molecule has 0 N–H and O–H groups in total. The number of amides is 6. The third kappa shape index (κ3) is 36.0. The van der Waals surface area contributed by atoms with Crippen LogP contribution in [0.4, 0.5) is 0 Å². The molecule has 0 spiro atoms. The lowest BCUT2D eigenvalue weighted by molar-refractivity contribution is -0.140. The molecule has 31 nitrogen and oxygen atoms in total. The Morgan fingerprint density at radius 2 is 0.585 bits per heavy atom. The molecule has 3 rings (SSSR count). The molecule has 0 aromatic carbocycles. The van der Waals surface area contributed by atoms with Crippen molar-refractivity contribution in [3.05, 3.63) is 35.7 Å². The van der Waals surface area contributed by atoms with Gasteiger partial charge in [0.25, 0.3) is 0 Å². The Labute approximate surface area is 551 Å². The lowest BCUT2D eigenvalue weighted by atomic mass is 10.1. The number of carbonyl (C=O) groups is 12. The van der Waals surface area contributed by atoms with Crippen LogP contribution in [0.25, 0.3) is 0 Å². The van der Waals surface area contributed by atoms with Crippen molar-refractivity contribution in [3.8, 4) is 0 Å². The van der Waals surface area contributed by atoms with Crippen molar-refractivity contribution in [1.82, 2.24) is 79.3 Å². The van der Waals surface area contributed by atoms with Crippen molar-refractivity contribution in [1.29, 1.82) is 0 Å². The average Bonchev–Trinajstić information content (AvgIpc) is 2.63. The first-order valence-corrected chi connectivity index (χ1v) is 32.4. The zero-order valence-corrected chi connectivity index (χ0v) is 57.0. The zero-order chi connectivity index (χ0) is 69.4. The van der Waals surface area contributed by atoms with Crippen LogP contribution in [0.3, 0.4) is 0 Å². The van der Waals surface area contributed by atoms with Gasteiger partial charge in [0, 0.05) is 139 Å².